The van der Waals surface area contributed by atoms with Gasteiger partial charge in [0.2, 0.25) is 5.91 Å². The van der Waals surface area contributed by atoms with Gasteiger partial charge in [-0.1, -0.05) is 35.3 Å². The predicted octanol–water partition coefficient (Wildman–Crippen LogP) is 8.51. The molecule has 0 bridgehead atoms. The Bertz CT molecular complexity index is 1300. The molecule has 0 aliphatic heterocycles. The van der Waals surface area contributed by atoms with Crippen molar-refractivity contribution in [1.29, 1.82) is 0 Å². The van der Waals surface area contributed by atoms with Crippen molar-refractivity contribution in [2.75, 3.05) is 0 Å². The van der Waals surface area contributed by atoms with Gasteiger partial charge in [-0.05, 0) is 49.2 Å². The number of hydrogen-bond donors (Lipinski definition) is 2. The molecule has 2 amide bonds. The minimum Gasteiger partial charge on any atom is -0.336 e. The highest BCUT2D eigenvalue weighted by Crippen LogP contribution is 2.42. The number of rotatable bonds is 8. The Kier molecular flexibility index (Phi) is 10.8. The Morgan fingerprint density at radius 1 is 0.951 bits per heavy atom. The SMILES string of the molecule is Cc1cc(C(/C=C(\F)c2ccc(C(=O)N[C@H](C)NC(=O)CCC(F)(F)F)c(C(F)(F)F)c2)C(F)(F)F)cc(Cl)c1Cl. The number of alkyl halides is 9. The third-order valence-corrected chi connectivity index (χ3v) is 6.36. The Morgan fingerprint density at radius 2 is 1.56 bits per heavy atom. The summed E-state index contributed by atoms with van der Waals surface area (Å²) in [6, 6.07) is 3.10. The average Bonchev–Trinajstić information content (AvgIpc) is 2.82. The lowest BCUT2D eigenvalue weighted by Gasteiger charge is -2.20. The van der Waals surface area contributed by atoms with E-state index in [4.69, 9.17) is 23.2 Å². The van der Waals surface area contributed by atoms with E-state index >= 15 is 0 Å². The van der Waals surface area contributed by atoms with Gasteiger partial charge in [0.25, 0.3) is 5.91 Å². The summed E-state index contributed by atoms with van der Waals surface area (Å²) in [5.41, 5.74) is -4.14. The molecule has 2 rings (SSSR count). The first-order valence-corrected chi connectivity index (χ1v) is 12.1. The summed E-state index contributed by atoms with van der Waals surface area (Å²) in [7, 11) is 0. The summed E-state index contributed by atoms with van der Waals surface area (Å²) in [6.45, 7) is 2.41. The lowest BCUT2D eigenvalue weighted by molar-refractivity contribution is -0.144. The number of aryl methyl sites for hydroxylation is 1. The van der Waals surface area contributed by atoms with Crippen LogP contribution in [0.15, 0.2) is 36.4 Å². The number of amides is 2. The van der Waals surface area contributed by atoms with Crippen molar-refractivity contribution in [2.45, 2.75) is 57.3 Å². The third-order valence-electron chi connectivity index (χ3n) is 5.46. The second-order valence-corrected chi connectivity index (χ2v) is 9.59. The van der Waals surface area contributed by atoms with Crippen molar-refractivity contribution in [3.8, 4) is 0 Å². The van der Waals surface area contributed by atoms with Gasteiger partial charge in [-0.2, -0.15) is 39.5 Å². The van der Waals surface area contributed by atoms with Crippen LogP contribution >= 0.6 is 23.2 Å². The smallest absolute Gasteiger partial charge is 0.336 e. The molecule has 1 unspecified atom stereocenters. The highest BCUT2D eigenvalue weighted by Gasteiger charge is 2.41. The molecule has 0 fully saturated rings. The maximum atomic E-state index is 15.0. The minimum absolute atomic E-state index is 0.0420. The lowest BCUT2D eigenvalue weighted by atomic mass is 9.94. The van der Waals surface area contributed by atoms with E-state index in [1.807, 2.05) is 10.6 Å². The molecule has 41 heavy (non-hydrogen) atoms. The topological polar surface area (TPSA) is 58.2 Å². The molecule has 0 aromatic heterocycles. The quantitative estimate of drug-likeness (QED) is 0.224. The van der Waals surface area contributed by atoms with Crippen molar-refractivity contribution in [1.82, 2.24) is 10.6 Å². The van der Waals surface area contributed by atoms with E-state index in [1.54, 1.807) is 0 Å². The van der Waals surface area contributed by atoms with E-state index in [0.717, 1.165) is 19.1 Å². The Hall–Kier alpha value is -3.00. The fraction of sp³-hybridized carbons (Fsp3) is 0.360. The van der Waals surface area contributed by atoms with Gasteiger partial charge in [-0.25, -0.2) is 4.39 Å². The molecule has 2 N–H and O–H groups in total. The fourth-order valence-electron chi connectivity index (χ4n) is 3.56. The van der Waals surface area contributed by atoms with E-state index < -0.39 is 83.3 Å². The molecule has 4 nitrogen and oxygen atoms in total. The summed E-state index contributed by atoms with van der Waals surface area (Å²) in [5, 5.41) is 3.60. The van der Waals surface area contributed by atoms with Gasteiger partial charge >= 0.3 is 18.5 Å². The number of nitrogens with one attached hydrogen (secondary N) is 2. The molecule has 0 aliphatic carbocycles. The molecule has 16 heteroatoms. The molecular weight excluding hydrogens is 621 g/mol. The molecule has 2 aromatic carbocycles. The van der Waals surface area contributed by atoms with E-state index in [2.05, 4.69) is 0 Å². The molecule has 0 spiro atoms. The normalized spacial score (nSPS) is 14.4. The highest BCUT2D eigenvalue weighted by atomic mass is 35.5. The van der Waals surface area contributed by atoms with Crippen LogP contribution in [-0.4, -0.2) is 30.3 Å². The molecule has 2 aromatic rings. The average molecular weight is 641 g/mol. The molecule has 0 radical (unpaired) electrons. The monoisotopic (exact) mass is 640 g/mol. The van der Waals surface area contributed by atoms with Crippen molar-refractivity contribution >= 4 is 40.8 Å². The van der Waals surface area contributed by atoms with Crippen LogP contribution in [0.5, 0.6) is 0 Å². The number of carbonyl (C=O) groups excluding carboxylic acids is 2. The first kappa shape index (κ1) is 34.2. The zero-order valence-electron chi connectivity index (χ0n) is 20.9. The number of benzene rings is 2. The van der Waals surface area contributed by atoms with Crippen LogP contribution in [0.1, 0.15) is 58.3 Å². The third kappa shape index (κ3) is 9.80. The van der Waals surface area contributed by atoms with Crippen LogP contribution in [0.2, 0.25) is 10.0 Å². The number of allylic oxidation sites excluding steroid dienone is 1. The molecule has 2 atom stereocenters. The molecule has 0 aliphatic rings. The maximum absolute atomic E-state index is 15.0. The van der Waals surface area contributed by atoms with Crippen molar-refractivity contribution < 1.29 is 53.5 Å². The maximum Gasteiger partial charge on any atom is 0.417 e. The van der Waals surface area contributed by atoms with Gasteiger partial charge in [0.05, 0.1) is 33.8 Å². The van der Waals surface area contributed by atoms with Crippen molar-refractivity contribution in [3.63, 3.8) is 0 Å². The van der Waals surface area contributed by atoms with Gasteiger partial charge in [-0.3, -0.25) is 9.59 Å². The van der Waals surface area contributed by atoms with Gasteiger partial charge in [-0.15, -0.1) is 0 Å². The molecular formula is C25H20Cl2F10N2O2. The van der Waals surface area contributed by atoms with Crippen LogP contribution in [-0.2, 0) is 11.0 Å². The second kappa shape index (κ2) is 12.9. The molecule has 0 heterocycles. The van der Waals surface area contributed by atoms with Gasteiger partial charge < -0.3 is 10.6 Å². The van der Waals surface area contributed by atoms with E-state index in [-0.39, 0.29) is 27.8 Å². The Balaban J connectivity index is 2.39. The van der Waals surface area contributed by atoms with Crippen molar-refractivity contribution in [2.24, 2.45) is 0 Å². The number of carbonyl (C=O) groups is 2. The standard InChI is InChI=1S/C25H20Cl2F10N2O2/c1-11-7-14(9-18(26)21(11)27)16(24(32,33)34)10-19(28)13-3-4-15(17(8-13)25(35,36)37)22(41)39-12(2)38-20(40)5-6-23(29,30)31/h3-4,7-10,12,16H,5-6H2,1-2H3,(H,38,40)(H,39,41)/b19-10-/t12-,16?/m1/s1. The van der Waals surface area contributed by atoms with E-state index in [1.165, 1.54) is 6.92 Å². The number of halogens is 12. The summed E-state index contributed by atoms with van der Waals surface area (Å²) in [4.78, 5) is 24.1. The zero-order chi connectivity index (χ0) is 31.5. The highest BCUT2D eigenvalue weighted by molar-refractivity contribution is 6.42. The van der Waals surface area contributed by atoms with Gasteiger partial charge in [0, 0.05) is 12.0 Å². The first-order chi connectivity index (χ1) is 18.6. The summed E-state index contributed by atoms with van der Waals surface area (Å²) in [5.74, 6) is -6.92. The molecule has 0 saturated heterocycles. The van der Waals surface area contributed by atoms with E-state index in [0.29, 0.717) is 12.1 Å². The Labute approximate surface area is 236 Å². The zero-order valence-corrected chi connectivity index (χ0v) is 22.4. The summed E-state index contributed by atoms with van der Waals surface area (Å²) < 4.78 is 134. The predicted molar refractivity (Wildman–Crippen MR) is 131 cm³/mol. The minimum atomic E-state index is -5.29. The van der Waals surface area contributed by atoms with Crippen LogP contribution < -0.4 is 10.6 Å². The summed E-state index contributed by atoms with van der Waals surface area (Å²) in [6.07, 6.45) is -18.9. The van der Waals surface area contributed by atoms with Crippen LogP contribution in [0.4, 0.5) is 43.9 Å². The first-order valence-electron chi connectivity index (χ1n) is 11.4. The molecule has 226 valence electrons. The van der Waals surface area contributed by atoms with Gasteiger partial charge in [0.1, 0.15) is 11.7 Å². The van der Waals surface area contributed by atoms with Crippen LogP contribution in [0, 0.1) is 6.92 Å². The largest absolute Gasteiger partial charge is 0.417 e. The van der Waals surface area contributed by atoms with Crippen molar-refractivity contribution in [3.05, 3.63) is 74.3 Å². The Morgan fingerprint density at radius 3 is 2.07 bits per heavy atom. The number of hydrogen-bond acceptors (Lipinski definition) is 2. The van der Waals surface area contributed by atoms with E-state index in [9.17, 15) is 53.5 Å². The second-order valence-electron chi connectivity index (χ2n) is 8.80. The van der Waals surface area contributed by atoms with Crippen LogP contribution in [0.25, 0.3) is 5.83 Å². The van der Waals surface area contributed by atoms with Gasteiger partial charge in [0.15, 0.2) is 0 Å². The van der Waals surface area contributed by atoms with Crippen LogP contribution in [0.3, 0.4) is 0 Å². The summed E-state index contributed by atoms with van der Waals surface area (Å²) >= 11 is 11.7. The fourth-order valence-corrected chi connectivity index (χ4v) is 3.94. The molecule has 0 saturated carbocycles. The lowest BCUT2D eigenvalue weighted by Crippen LogP contribution is -2.46.